The van der Waals surface area contributed by atoms with Crippen LogP contribution in [0.1, 0.15) is 22.8 Å². The Morgan fingerprint density at radius 3 is 2.74 bits per heavy atom. The molecule has 23 heavy (non-hydrogen) atoms. The zero-order valence-corrected chi connectivity index (χ0v) is 13.2. The van der Waals surface area contributed by atoms with Crippen molar-refractivity contribution in [3.8, 4) is 0 Å². The molecule has 2 aromatic carbocycles. The quantitative estimate of drug-likeness (QED) is 0.731. The topological polar surface area (TPSA) is 59.3 Å². The fraction of sp³-hybridized carbons (Fsp3) is 0.111. The van der Waals surface area contributed by atoms with Gasteiger partial charge in [0.15, 0.2) is 5.58 Å². The lowest BCUT2D eigenvalue weighted by Crippen LogP contribution is -2.21. The Labute approximate surface area is 137 Å². The fourth-order valence-electron chi connectivity index (χ4n) is 2.41. The Bertz CT molecular complexity index is 946. The molecule has 116 valence electrons. The molecule has 0 bridgehead atoms. The monoisotopic (exact) mass is 327 g/mol. The number of nitrogens with one attached hydrogen (secondary N) is 1. The Kier molecular flexibility index (Phi) is 4.17. The normalized spacial score (nSPS) is 10.7. The van der Waals surface area contributed by atoms with Crippen LogP contribution < -0.4 is 10.9 Å². The van der Waals surface area contributed by atoms with E-state index in [1.54, 1.807) is 24.3 Å². The minimum atomic E-state index is -0.711. The highest BCUT2D eigenvalue weighted by Gasteiger charge is 2.15. The molecule has 0 saturated heterocycles. The first-order chi connectivity index (χ1) is 11.1. The number of para-hydroxylation sites is 2. The molecule has 0 aliphatic heterocycles. The van der Waals surface area contributed by atoms with Gasteiger partial charge in [0.1, 0.15) is 5.56 Å². The molecule has 0 aliphatic rings. The number of fused-ring (bicyclic) bond motifs is 1. The number of carbonyl (C=O) groups is 1. The molecule has 3 rings (SSSR count). The van der Waals surface area contributed by atoms with E-state index in [0.717, 1.165) is 12.0 Å². The van der Waals surface area contributed by atoms with Gasteiger partial charge in [-0.05, 0) is 30.2 Å². The second-order valence-corrected chi connectivity index (χ2v) is 5.48. The van der Waals surface area contributed by atoms with Crippen LogP contribution in [0.4, 0.5) is 5.69 Å². The lowest BCUT2D eigenvalue weighted by molar-refractivity contribution is 0.102. The van der Waals surface area contributed by atoms with E-state index in [9.17, 15) is 9.59 Å². The van der Waals surface area contributed by atoms with Crippen molar-refractivity contribution >= 4 is 34.2 Å². The largest absolute Gasteiger partial charge is 0.421 e. The first-order valence-corrected chi connectivity index (χ1v) is 7.59. The SMILES string of the molecule is CCc1ccccc1NC(=O)c1cc2cccc(Cl)c2oc1=O. The number of aryl methyl sites for hydroxylation is 1. The number of benzene rings is 2. The van der Waals surface area contributed by atoms with Gasteiger partial charge in [0, 0.05) is 11.1 Å². The zero-order chi connectivity index (χ0) is 16.4. The lowest BCUT2D eigenvalue weighted by atomic mass is 10.1. The minimum absolute atomic E-state index is 0.0503. The summed E-state index contributed by atoms with van der Waals surface area (Å²) in [5.41, 5.74) is 1.20. The van der Waals surface area contributed by atoms with E-state index in [1.807, 2.05) is 25.1 Å². The van der Waals surface area contributed by atoms with Crippen molar-refractivity contribution in [2.75, 3.05) is 5.32 Å². The number of rotatable bonds is 3. The van der Waals surface area contributed by atoms with Crippen LogP contribution in [0, 0.1) is 0 Å². The van der Waals surface area contributed by atoms with Crippen LogP contribution in [0.3, 0.4) is 0 Å². The number of anilines is 1. The first-order valence-electron chi connectivity index (χ1n) is 7.21. The van der Waals surface area contributed by atoms with Crippen molar-refractivity contribution in [2.45, 2.75) is 13.3 Å². The smallest absolute Gasteiger partial charge is 0.349 e. The summed E-state index contributed by atoms with van der Waals surface area (Å²) in [5.74, 6) is -0.499. The molecule has 3 aromatic rings. The Morgan fingerprint density at radius 1 is 1.17 bits per heavy atom. The number of amides is 1. The van der Waals surface area contributed by atoms with Crippen LogP contribution in [0.15, 0.2) is 57.7 Å². The zero-order valence-electron chi connectivity index (χ0n) is 12.4. The maximum atomic E-state index is 12.4. The van der Waals surface area contributed by atoms with Crippen molar-refractivity contribution < 1.29 is 9.21 Å². The van der Waals surface area contributed by atoms with Crippen molar-refractivity contribution in [3.05, 3.63) is 75.1 Å². The maximum Gasteiger partial charge on any atom is 0.349 e. The molecule has 1 amide bonds. The van der Waals surface area contributed by atoms with Gasteiger partial charge in [-0.3, -0.25) is 4.79 Å². The Balaban J connectivity index is 2.01. The molecule has 0 spiro atoms. The molecule has 5 heteroatoms. The van der Waals surface area contributed by atoms with Crippen LogP contribution in [-0.4, -0.2) is 5.91 Å². The van der Waals surface area contributed by atoms with E-state index >= 15 is 0 Å². The second-order valence-electron chi connectivity index (χ2n) is 5.07. The summed E-state index contributed by atoms with van der Waals surface area (Å²) in [4.78, 5) is 24.5. The van der Waals surface area contributed by atoms with E-state index < -0.39 is 11.5 Å². The average Bonchev–Trinajstić information content (AvgIpc) is 2.55. The Morgan fingerprint density at radius 2 is 1.96 bits per heavy atom. The van der Waals surface area contributed by atoms with Gasteiger partial charge in [0.05, 0.1) is 5.02 Å². The van der Waals surface area contributed by atoms with Crippen molar-refractivity contribution in [2.24, 2.45) is 0 Å². The van der Waals surface area contributed by atoms with E-state index in [0.29, 0.717) is 16.1 Å². The van der Waals surface area contributed by atoms with Crippen LogP contribution >= 0.6 is 11.6 Å². The van der Waals surface area contributed by atoms with E-state index in [-0.39, 0.29) is 11.1 Å². The number of hydrogen-bond donors (Lipinski definition) is 1. The van der Waals surface area contributed by atoms with Crippen molar-refractivity contribution in [3.63, 3.8) is 0 Å². The molecule has 1 aromatic heterocycles. The molecule has 0 fully saturated rings. The summed E-state index contributed by atoms with van der Waals surface area (Å²) >= 11 is 6.00. The van der Waals surface area contributed by atoms with Gasteiger partial charge in [-0.2, -0.15) is 0 Å². The van der Waals surface area contributed by atoms with Crippen LogP contribution in [-0.2, 0) is 6.42 Å². The van der Waals surface area contributed by atoms with Crippen molar-refractivity contribution in [1.82, 2.24) is 0 Å². The van der Waals surface area contributed by atoms with Gasteiger partial charge in [0.2, 0.25) is 0 Å². The molecule has 4 nitrogen and oxygen atoms in total. The highest BCUT2D eigenvalue weighted by molar-refractivity contribution is 6.34. The van der Waals surface area contributed by atoms with Gasteiger partial charge in [-0.15, -0.1) is 0 Å². The van der Waals surface area contributed by atoms with Gasteiger partial charge in [-0.25, -0.2) is 4.79 Å². The lowest BCUT2D eigenvalue weighted by Gasteiger charge is -2.09. The predicted octanol–water partition coefficient (Wildman–Crippen LogP) is 4.26. The number of carbonyl (C=O) groups excluding carboxylic acids is 1. The predicted molar refractivity (Wildman–Crippen MR) is 91.3 cm³/mol. The first kappa shape index (κ1) is 15.3. The molecule has 0 unspecified atom stereocenters. The van der Waals surface area contributed by atoms with E-state index in [2.05, 4.69) is 5.32 Å². The minimum Gasteiger partial charge on any atom is -0.421 e. The van der Waals surface area contributed by atoms with E-state index in [1.165, 1.54) is 6.07 Å². The third-order valence-electron chi connectivity index (χ3n) is 3.60. The van der Waals surface area contributed by atoms with Crippen LogP contribution in [0.5, 0.6) is 0 Å². The number of hydrogen-bond acceptors (Lipinski definition) is 3. The standard InChI is InChI=1S/C18H14ClNO3/c1-2-11-6-3-4-9-15(11)20-17(21)13-10-12-7-5-8-14(19)16(12)23-18(13)22/h3-10H,2H2,1H3,(H,20,21). The summed E-state index contributed by atoms with van der Waals surface area (Å²) < 4.78 is 5.19. The van der Waals surface area contributed by atoms with Crippen molar-refractivity contribution in [1.29, 1.82) is 0 Å². The molecular weight excluding hydrogens is 314 g/mol. The molecule has 0 radical (unpaired) electrons. The third-order valence-corrected chi connectivity index (χ3v) is 3.90. The van der Waals surface area contributed by atoms with E-state index in [4.69, 9.17) is 16.0 Å². The molecule has 1 heterocycles. The molecule has 1 N–H and O–H groups in total. The summed E-state index contributed by atoms with van der Waals surface area (Å²) in [5, 5.41) is 3.70. The average molecular weight is 328 g/mol. The summed E-state index contributed by atoms with van der Waals surface area (Å²) in [7, 11) is 0. The molecular formula is C18H14ClNO3. The number of halogens is 1. The molecule has 0 aliphatic carbocycles. The second kappa shape index (κ2) is 6.26. The van der Waals surface area contributed by atoms with Crippen LogP contribution in [0.25, 0.3) is 11.0 Å². The highest BCUT2D eigenvalue weighted by atomic mass is 35.5. The summed E-state index contributed by atoms with van der Waals surface area (Å²) in [6, 6.07) is 14.1. The third kappa shape index (κ3) is 2.98. The Hall–Kier alpha value is -2.59. The highest BCUT2D eigenvalue weighted by Crippen LogP contribution is 2.23. The van der Waals surface area contributed by atoms with Crippen LogP contribution in [0.2, 0.25) is 5.02 Å². The van der Waals surface area contributed by atoms with Gasteiger partial charge >= 0.3 is 5.63 Å². The van der Waals surface area contributed by atoms with Gasteiger partial charge in [0.25, 0.3) is 5.91 Å². The molecule has 0 atom stereocenters. The summed E-state index contributed by atoms with van der Waals surface area (Å²) in [6.45, 7) is 2.00. The molecule has 0 saturated carbocycles. The fourth-order valence-corrected chi connectivity index (χ4v) is 2.63. The van der Waals surface area contributed by atoms with Gasteiger partial charge < -0.3 is 9.73 Å². The maximum absolute atomic E-state index is 12.4. The van der Waals surface area contributed by atoms with Gasteiger partial charge in [-0.1, -0.05) is 48.9 Å². The summed E-state index contributed by atoms with van der Waals surface area (Å²) in [6.07, 6.45) is 0.776.